The molecule has 0 aliphatic heterocycles. The second-order valence-corrected chi connectivity index (χ2v) is 5.40. The van der Waals surface area contributed by atoms with Gasteiger partial charge in [0.15, 0.2) is 5.13 Å². The van der Waals surface area contributed by atoms with Crippen molar-refractivity contribution >= 4 is 16.5 Å². The Morgan fingerprint density at radius 2 is 2.19 bits per heavy atom. The molecule has 16 heavy (non-hydrogen) atoms. The van der Waals surface area contributed by atoms with Gasteiger partial charge < -0.3 is 9.47 Å². The van der Waals surface area contributed by atoms with E-state index in [9.17, 15) is 0 Å². The van der Waals surface area contributed by atoms with Gasteiger partial charge in [0.1, 0.15) is 0 Å². The Labute approximate surface area is 99.9 Å². The molecule has 6 heteroatoms. The standard InChI is InChI=1S/C10H19N3O2S/c1-10(2,3)15-5-4-14-7-8-6-12-9(13-11)16-8/h6H,4-5,7,11H2,1-3H3,(H,12,13). The maximum absolute atomic E-state index is 5.52. The van der Waals surface area contributed by atoms with Crippen LogP contribution >= 0.6 is 11.3 Å². The number of ether oxygens (including phenoxy) is 2. The molecule has 0 amide bonds. The highest BCUT2D eigenvalue weighted by atomic mass is 32.1. The van der Waals surface area contributed by atoms with Gasteiger partial charge in [-0.1, -0.05) is 11.3 Å². The number of aromatic nitrogens is 1. The zero-order valence-corrected chi connectivity index (χ0v) is 10.8. The van der Waals surface area contributed by atoms with E-state index in [0.29, 0.717) is 25.0 Å². The van der Waals surface area contributed by atoms with E-state index in [0.717, 1.165) is 4.88 Å². The van der Waals surface area contributed by atoms with Crippen molar-refractivity contribution in [2.75, 3.05) is 18.6 Å². The zero-order chi connectivity index (χ0) is 12.0. The number of anilines is 1. The summed E-state index contributed by atoms with van der Waals surface area (Å²) in [5.41, 5.74) is 2.39. The van der Waals surface area contributed by atoms with Gasteiger partial charge in [-0.15, -0.1) is 0 Å². The molecule has 0 saturated carbocycles. The first-order valence-electron chi connectivity index (χ1n) is 5.14. The first-order valence-corrected chi connectivity index (χ1v) is 5.96. The number of hydrogen-bond donors (Lipinski definition) is 2. The molecule has 3 N–H and O–H groups in total. The average molecular weight is 245 g/mol. The molecule has 1 heterocycles. The molecule has 0 fully saturated rings. The molecule has 1 aromatic heterocycles. The van der Waals surface area contributed by atoms with Crippen LogP contribution in [0.5, 0.6) is 0 Å². The minimum Gasteiger partial charge on any atom is -0.373 e. The molecule has 0 radical (unpaired) electrons. The third-order valence-electron chi connectivity index (χ3n) is 1.68. The lowest BCUT2D eigenvalue weighted by Crippen LogP contribution is -2.21. The predicted molar refractivity (Wildman–Crippen MR) is 65.3 cm³/mol. The maximum atomic E-state index is 5.52. The first-order chi connectivity index (χ1) is 7.51. The Bertz CT molecular complexity index is 309. The fourth-order valence-electron chi connectivity index (χ4n) is 1.02. The highest BCUT2D eigenvalue weighted by Gasteiger charge is 2.09. The van der Waals surface area contributed by atoms with Crippen LogP contribution in [0.4, 0.5) is 5.13 Å². The van der Waals surface area contributed by atoms with Crippen LogP contribution in [-0.4, -0.2) is 23.8 Å². The van der Waals surface area contributed by atoms with Gasteiger partial charge in [-0.05, 0) is 20.8 Å². The number of hydrazine groups is 1. The second-order valence-electron chi connectivity index (χ2n) is 4.29. The van der Waals surface area contributed by atoms with Gasteiger partial charge >= 0.3 is 0 Å². The summed E-state index contributed by atoms with van der Waals surface area (Å²) in [6.07, 6.45) is 1.75. The molecule has 0 aliphatic rings. The number of rotatable bonds is 6. The molecule has 0 bridgehead atoms. The average Bonchev–Trinajstić information content (AvgIpc) is 2.63. The minimum absolute atomic E-state index is 0.107. The van der Waals surface area contributed by atoms with Crippen molar-refractivity contribution in [3.63, 3.8) is 0 Å². The molecule has 92 valence electrons. The van der Waals surface area contributed by atoms with E-state index < -0.39 is 0 Å². The van der Waals surface area contributed by atoms with E-state index in [1.807, 2.05) is 20.8 Å². The van der Waals surface area contributed by atoms with E-state index in [-0.39, 0.29) is 5.60 Å². The number of nitrogen functional groups attached to an aromatic ring is 1. The number of nitrogens with zero attached hydrogens (tertiary/aromatic N) is 1. The van der Waals surface area contributed by atoms with Gasteiger partial charge in [0.2, 0.25) is 0 Å². The van der Waals surface area contributed by atoms with Crippen molar-refractivity contribution in [2.45, 2.75) is 33.0 Å². The summed E-state index contributed by atoms with van der Waals surface area (Å²) < 4.78 is 11.0. The van der Waals surface area contributed by atoms with E-state index in [4.69, 9.17) is 15.3 Å². The Hall–Kier alpha value is -0.690. The van der Waals surface area contributed by atoms with E-state index >= 15 is 0 Å². The Morgan fingerprint density at radius 1 is 1.44 bits per heavy atom. The van der Waals surface area contributed by atoms with Gasteiger partial charge in [-0.3, -0.25) is 5.43 Å². The van der Waals surface area contributed by atoms with E-state index in [2.05, 4.69) is 10.4 Å². The molecule has 0 unspecified atom stereocenters. The fourth-order valence-corrected chi connectivity index (χ4v) is 1.68. The summed E-state index contributed by atoms with van der Waals surface area (Å²) >= 11 is 1.48. The Morgan fingerprint density at radius 3 is 2.75 bits per heavy atom. The molecule has 0 spiro atoms. The highest BCUT2D eigenvalue weighted by molar-refractivity contribution is 7.15. The third-order valence-corrected chi connectivity index (χ3v) is 2.59. The van der Waals surface area contributed by atoms with Gasteiger partial charge in [0, 0.05) is 6.20 Å². The summed E-state index contributed by atoms with van der Waals surface area (Å²) in [6, 6.07) is 0. The van der Waals surface area contributed by atoms with Crippen LogP contribution in [0.3, 0.4) is 0 Å². The summed E-state index contributed by atoms with van der Waals surface area (Å²) in [4.78, 5) is 5.09. The van der Waals surface area contributed by atoms with Crippen molar-refractivity contribution in [2.24, 2.45) is 5.84 Å². The summed E-state index contributed by atoms with van der Waals surface area (Å²) in [6.45, 7) is 7.80. The van der Waals surface area contributed by atoms with E-state index in [1.165, 1.54) is 11.3 Å². The molecule has 0 atom stereocenters. The minimum atomic E-state index is -0.107. The Kier molecular flexibility index (Phi) is 5.14. The predicted octanol–water partition coefficient (Wildman–Crippen LogP) is 1.76. The lowest BCUT2D eigenvalue weighted by atomic mass is 10.2. The highest BCUT2D eigenvalue weighted by Crippen LogP contribution is 2.17. The molecular formula is C10H19N3O2S. The van der Waals surface area contributed by atoms with Gasteiger partial charge in [-0.25, -0.2) is 10.8 Å². The van der Waals surface area contributed by atoms with Crippen molar-refractivity contribution in [1.29, 1.82) is 0 Å². The van der Waals surface area contributed by atoms with Crippen molar-refractivity contribution in [3.8, 4) is 0 Å². The van der Waals surface area contributed by atoms with Crippen LogP contribution in [0.2, 0.25) is 0 Å². The van der Waals surface area contributed by atoms with Crippen LogP contribution in [0, 0.1) is 0 Å². The molecular weight excluding hydrogens is 226 g/mol. The second kappa shape index (κ2) is 6.15. The van der Waals surface area contributed by atoms with Gasteiger partial charge in [0.05, 0.1) is 30.3 Å². The van der Waals surface area contributed by atoms with Gasteiger partial charge in [0.25, 0.3) is 0 Å². The van der Waals surface area contributed by atoms with Crippen molar-refractivity contribution in [1.82, 2.24) is 4.98 Å². The van der Waals surface area contributed by atoms with Crippen LogP contribution in [0.1, 0.15) is 25.6 Å². The number of nitrogens with one attached hydrogen (secondary N) is 1. The van der Waals surface area contributed by atoms with Crippen molar-refractivity contribution in [3.05, 3.63) is 11.1 Å². The lowest BCUT2D eigenvalue weighted by Gasteiger charge is -2.19. The van der Waals surface area contributed by atoms with Crippen LogP contribution in [-0.2, 0) is 16.1 Å². The van der Waals surface area contributed by atoms with Crippen molar-refractivity contribution < 1.29 is 9.47 Å². The van der Waals surface area contributed by atoms with E-state index in [1.54, 1.807) is 6.20 Å². The largest absolute Gasteiger partial charge is 0.373 e. The lowest BCUT2D eigenvalue weighted by molar-refractivity contribution is -0.0373. The fraction of sp³-hybridized carbons (Fsp3) is 0.700. The summed E-state index contributed by atoms with van der Waals surface area (Å²) in [7, 11) is 0. The Balaban J connectivity index is 2.11. The molecule has 5 nitrogen and oxygen atoms in total. The molecule has 0 saturated heterocycles. The smallest absolute Gasteiger partial charge is 0.197 e. The van der Waals surface area contributed by atoms with Crippen LogP contribution in [0.15, 0.2) is 6.20 Å². The summed E-state index contributed by atoms with van der Waals surface area (Å²) in [5.74, 6) is 5.22. The van der Waals surface area contributed by atoms with Crippen LogP contribution in [0.25, 0.3) is 0 Å². The maximum Gasteiger partial charge on any atom is 0.197 e. The molecule has 1 aromatic rings. The number of nitrogens with two attached hydrogens (primary N) is 1. The quantitative estimate of drug-likeness (QED) is 0.454. The first kappa shape index (κ1) is 13.4. The zero-order valence-electron chi connectivity index (χ0n) is 9.95. The van der Waals surface area contributed by atoms with Gasteiger partial charge in [-0.2, -0.15) is 0 Å². The third kappa shape index (κ3) is 5.41. The summed E-state index contributed by atoms with van der Waals surface area (Å²) in [5, 5.41) is 0.699. The molecule has 0 aromatic carbocycles. The topological polar surface area (TPSA) is 69.4 Å². The van der Waals surface area contributed by atoms with Crippen LogP contribution < -0.4 is 11.3 Å². The number of hydrogen-bond acceptors (Lipinski definition) is 6. The monoisotopic (exact) mass is 245 g/mol. The molecule has 1 rings (SSSR count). The normalized spacial score (nSPS) is 11.8. The SMILES string of the molecule is CC(C)(C)OCCOCc1cnc(NN)s1. The number of thiazole rings is 1. The molecule has 0 aliphatic carbocycles.